The summed E-state index contributed by atoms with van der Waals surface area (Å²) in [5.41, 5.74) is 0.998. The minimum Gasteiger partial charge on any atom is -0.353 e. The number of hydrogen-bond acceptors (Lipinski definition) is 5. The molecular weight excluding hydrogens is 312 g/mol. The zero-order chi connectivity index (χ0) is 16.2. The molecule has 0 fully saturated rings. The van der Waals surface area contributed by atoms with Gasteiger partial charge in [-0.05, 0) is 36.4 Å². The van der Waals surface area contributed by atoms with E-state index >= 15 is 0 Å². The van der Waals surface area contributed by atoms with Gasteiger partial charge in [0.05, 0.1) is 0 Å². The SMILES string of the molecule is CC(CNC(=O)Cn1cccnc1=O)N1CCc2sccc2C1. The minimum absolute atomic E-state index is 0.00801. The lowest BCUT2D eigenvalue weighted by molar-refractivity contribution is -0.122. The summed E-state index contributed by atoms with van der Waals surface area (Å²) in [4.78, 5) is 31.0. The van der Waals surface area contributed by atoms with Crippen molar-refractivity contribution >= 4 is 17.2 Å². The number of thiophene rings is 1. The van der Waals surface area contributed by atoms with Crippen LogP contribution in [0.5, 0.6) is 0 Å². The van der Waals surface area contributed by atoms with Gasteiger partial charge < -0.3 is 5.32 Å². The average molecular weight is 332 g/mol. The van der Waals surface area contributed by atoms with Crippen molar-refractivity contribution in [1.29, 1.82) is 0 Å². The normalized spacial score (nSPS) is 15.9. The Labute approximate surface area is 138 Å². The van der Waals surface area contributed by atoms with Crippen LogP contribution in [0.4, 0.5) is 0 Å². The van der Waals surface area contributed by atoms with Crippen LogP contribution in [0.15, 0.2) is 34.7 Å². The Kier molecular flexibility index (Phi) is 4.88. The van der Waals surface area contributed by atoms with Crippen molar-refractivity contribution in [1.82, 2.24) is 19.8 Å². The summed E-state index contributed by atoms with van der Waals surface area (Å²) in [6.07, 6.45) is 4.07. The van der Waals surface area contributed by atoms with Crippen LogP contribution in [0.3, 0.4) is 0 Å². The topological polar surface area (TPSA) is 67.2 Å². The molecule has 23 heavy (non-hydrogen) atoms. The van der Waals surface area contributed by atoms with Gasteiger partial charge in [0.25, 0.3) is 0 Å². The van der Waals surface area contributed by atoms with E-state index in [9.17, 15) is 9.59 Å². The molecule has 3 rings (SSSR count). The van der Waals surface area contributed by atoms with Crippen LogP contribution in [-0.4, -0.2) is 39.5 Å². The standard InChI is InChI=1S/C16H20N4O2S/c1-12(19-7-3-14-13(10-19)4-8-23-14)9-18-15(21)11-20-6-2-5-17-16(20)22/h2,4-6,8,12H,3,7,9-11H2,1H3,(H,18,21). The number of carbonyl (C=O) groups is 1. The summed E-state index contributed by atoms with van der Waals surface area (Å²) >= 11 is 1.83. The molecular formula is C16H20N4O2S. The lowest BCUT2D eigenvalue weighted by Gasteiger charge is -2.32. The molecule has 2 aromatic rings. The molecule has 122 valence electrons. The van der Waals surface area contributed by atoms with Crippen LogP contribution in [0.1, 0.15) is 17.4 Å². The van der Waals surface area contributed by atoms with Crippen LogP contribution >= 0.6 is 11.3 Å². The number of fused-ring (bicyclic) bond motifs is 1. The molecule has 3 heterocycles. The lowest BCUT2D eigenvalue weighted by Crippen LogP contribution is -2.45. The first-order chi connectivity index (χ1) is 11.1. The first-order valence-corrected chi connectivity index (χ1v) is 8.59. The molecule has 0 radical (unpaired) electrons. The minimum atomic E-state index is -0.406. The predicted molar refractivity (Wildman–Crippen MR) is 89.4 cm³/mol. The molecule has 1 atom stereocenters. The van der Waals surface area contributed by atoms with Gasteiger partial charge in [-0.25, -0.2) is 9.78 Å². The zero-order valence-corrected chi connectivity index (χ0v) is 13.9. The third-order valence-corrected chi connectivity index (χ3v) is 5.17. The smallest absolute Gasteiger partial charge is 0.347 e. The summed E-state index contributed by atoms with van der Waals surface area (Å²) in [5.74, 6) is -0.166. The van der Waals surface area contributed by atoms with E-state index < -0.39 is 5.69 Å². The van der Waals surface area contributed by atoms with Crippen molar-refractivity contribution in [3.05, 3.63) is 50.8 Å². The van der Waals surface area contributed by atoms with Crippen LogP contribution < -0.4 is 11.0 Å². The Morgan fingerprint density at radius 2 is 2.39 bits per heavy atom. The number of nitrogens with one attached hydrogen (secondary N) is 1. The van der Waals surface area contributed by atoms with Crippen LogP contribution in [-0.2, 0) is 24.3 Å². The van der Waals surface area contributed by atoms with Crippen molar-refractivity contribution in [2.75, 3.05) is 13.1 Å². The van der Waals surface area contributed by atoms with Crippen molar-refractivity contribution in [2.24, 2.45) is 0 Å². The Morgan fingerprint density at radius 3 is 3.22 bits per heavy atom. The number of rotatable bonds is 5. The average Bonchev–Trinajstić information content (AvgIpc) is 3.02. The summed E-state index contributed by atoms with van der Waals surface area (Å²) in [5, 5.41) is 5.05. The third kappa shape index (κ3) is 3.86. The Balaban J connectivity index is 1.49. The first kappa shape index (κ1) is 15.9. The third-order valence-electron chi connectivity index (χ3n) is 4.15. The number of carbonyl (C=O) groups excluding carboxylic acids is 1. The Hall–Kier alpha value is -1.99. The second-order valence-electron chi connectivity index (χ2n) is 5.77. The van der Waals surface area contributed by atoms with Gasteiger partial charge in [0.2, 0.25) is 5.91 Å². The van der Waals surface area contributed by atoms with E-state index in [0.29, 0.717) is 6.54 Å². The van der Waals surface area contributed by atoms with E-state index in [0.717, 1.165) is 19.5 Å². The predicted octanol–water partition coefficient (Wildman–Crippen LogP) is 0.868. The summed E-state index contributed by atoms with van der Waals surface area (Å²) in [7, 11) is 0. The maximum absolute atomic E-state index is 12.0. The number of hydrogen-bond donors (Lipinski definition) is 1. The molecule has 0 aromatic carbocycles. The van der Waals surface area contributed by atoms with Crippen LogP contribution in [0, 0.1) is 0 Å². The molecule has 0 spiro atoms. The van der Waals surface area contributed by atoms with Crippen molar-refractivity contribution < 1.29 is 4.79 Å². The maximum atomic E-state index is 12.0. The zero-order valence-electron chi connectivity index (χ0n) is 13.1. The highest BCUT2D eigenvalue weighted by molar-refractivity contribution is 7.10. The molecule has 1 N–H and O–H groups in total. The van der Waals surface area contributed by atoms with Crippen molar-refractivity contribution in [2.45, 2.75) is 32.5 Å². The summed E-state index contributed by atoms with van der Waals surface area (Å²) in [6, 6.07) is 4.09. The second kappa shape index (κ2) is 7.06. The molecule has 1 amide bonds. The van der Waals surface area contributed by atoms with E-state index in [-0.39, 0.29) is 18.5 Å². The van der Waals surface area contributed by atoms with Gasteiger partial charge in [-0.15, -0.1) is 11.3 Å². The molecule has 1 aliphatic rings. The molecule has 0 saturated carbocycles. The Bertz CT molecular complexity index is 739. The molecule has 1 unspecified atom stereocenters. The fourth-order valence-corrected chi connectivity index (χ4v) is 3.64. The van der Waals surface area contributed by atoms with Gasteiger partial charge in [0.1, 0.15) is 6.54 Å². The monoisotopic (exact) mass is 332 g/mol. The fraction of sp³-hybridized carbons (Fsp3) is 0.438. The molecule has 0 bridgehead atoms. The first-order valence-electron chi connectivity index (χ1n) is 7.71. The van der Waals surface area contributed by atoms with Crippen LogP contribution in [0.2, 0.25) is 0 Å². The van der Waals surface area contributed by atoms with Gasteiger partial charge in [-0.1, -0.05) is 0 Å². The Morgan fingerprint density at radius 1 is 1.52 bits per heavy atom. The van der Waals surface area contributed by atoms with Gasteiger partial charge >= 0.3 is 5.69 Å². The molecule has 7 heteroatoms. The molecule has 6 nitrogen and oxygen atoms in total. The second-order valence-corrected chi connectivity index (χ2v) is 6.77. The number of amides is 1. The molecule has 0 saturated heterocycles. The highest BCUT2D eigenvalue weighted by Gasteiger charge is 2.21. The van der Waals surface area contributed by atoms with Gasteiger partial charge in [0.15, 0.2) is 0 Å². The summed E-state index contributed by atoms with van der Waals surface area (Å²) < 4.78 is 1.30. The van der Waals surface area contributed by atoms with Crippen molar-refractivity contribution in [3.8, 4) is 0 Å². The van der Waals surface area contributed by atoms with Gasteiger partial charge in [-0.3, -0.25) is 14.3 Å². The maximum Gasteiger partial charge on any atom is 0.347 e. The van der Waals surface area contributed by atoms with E-state index in [1.165, 1.54) is 21.2 Å². The van der Waals surface area contributed by atoms with E-state index in [4.69, 9.17) is 0 Å². The van der Waals surface area contributed by atoms with Gasteiger partial charge in [-0.2, -0.15) is 0 Å². The van der Waals surface area contributed by atoms with Gasteiger partial charge in [0, 0.05) is 42.9 Å². The lowest BCUT2D eigenvalue weighted by atomic mass is 10.1. The molecule has 2 aromatic heterocycles. The molecule has 1 aliphatic heterocycles. The highest BCUT2D eigenvalue weighted by atomic mass is 32.1. The summed E-state index contributed by atoms with van der Waals surface area (Å²) in [6.45, 7) is 4.67. The van der Waals surface area contributed by atoms with E-state index in [1.807, 2.05) is 11.3 Å². The highest BCUT2D eigenvalue weighted by Crippen LogP contribution is 2.24. The van der Waals surface area contributed by atoms with E-state index in [2.05, 4.69) is 33.6 Å². The fourth-order valence-electron chi connectivity index (χ4n) is 2.76. The largest absolute Gasteiger partial charge is 0.353 e. The number of aromatic nitrogens is 2. The van der Waals surface area contributed by atoms with Crippen molar-refractivity contribution in [3.63, 3.8) is 0 Å². The molecule has 0 aliphatic carbocycles. The number of nitrogens with zero attached hydrogens (tertiary/aromatic N) is 3. The van der Waals surface area contributed by atoms with Crippen LogP contribution in [0.25, 0.3) is 0 Å². The van der Waals surface area contributed by atoms with E-state index in [1.54, 1.807) is 12.3 Å². The quantitative estimate of drug-likeness (QED) is 0.882.